The molecule has 0 bridgehead atoms. The number of rotatable bonds is 2. The van der Waals surface area contributed by atoms with E-state index in [9.17, 15) is 4.39 Å². The number of benzene rings is 2. The molecule has 0 saturated carbocycles. The fraction of sp³-hybridized carbons (Fsp3) is 0.235. The number of fused-ring (bicyclic) bond motifs is 1. The maximum atomic E-state index is 14.1. The van der Waals surface area contributed by atoms with Gasteiger partial charge in [-0.05, 0) is 31.2 Å². The van der Waals surface area contributed by atoms with Crippen LogP contribution in [0.2, 0.25) is 0 Å². The number of para-hydroxylation sites is 2. The van der Waals surface area contributed by atoms with Crippen LogP contribution in [-0.2, 0) is 6.54 Å². The van der Waals surface area contributed by atoms with Crippen LogP contribution in [0, 0.1) is 17.1 Å². The summed E-state index contributed by atoms with van der Waals surface area (Å²) in [5.41, 5.74) is 3.12. The Labute approximate surface area is 123 Å². The van der Waals surface area contributed by atoms with Gasteiger partial charge in [-0.3, -0.25) is 0 Å². The molecule has 1 aliphatic rings. The molecule has 21 heavy (non-hydrogen) atoms. The molecule has 3 rings (SSSR count). The summed E-state index contributed by atoms with van der Waals surface area (Å²) in [4.78, 5) is 2.19. The van der Waals surface area contributed by atoms with E-state index in [1.807, 2.05) is 30.3 Å². The predicted molar refractivity (Wildman–Crippen MR) is 81.7 cm³/mol. The van der Waals surface area contributed by atoms with Crippen LogP contribution >= 0.6 is 0 Å². The van der Waals surface area contributed by atoms with E-state index in [1.54, 1.807) is 12.1 Å². The van der Waals surface area contributed by atoms with Gasteiger partial charge in [0.15, 0.2) is 0 Å². The summed E-state index contributed by atoms with van der Waals surface area (Å²) in [6.45, 7) is 3.44. The van der Waals surface area contributed by atoms with Gasteiger partial charge in [-0.25, -0.2) is 4.39 Å². The zero-order chi connectivity index (χ0) is 14.8. The van der Waals surface area contributed by atoms with Gasteiger partial charge in [-0.15, -0.1) is 0 Å². The topological polar surface area (TPSA) is 39.1 Å². The number of hydrogen-bond acceptors (Lipinski definition) is 3. The van der Waals surface area contributed by atoms with Crippen molar-refractivity contribution in [3.05, 3.63) is 59.4 Å². The van der Waals surface area contributed by atoms with Crippen LogP contribution in [-0.4, -0.2) is 12.6 Å². The van der Waals surface area contributed by atoms with Gasteiger partial charge in [0.05, 0.1) is 23.0 Å². The van der Waals surface area contributed by atoms with Crippen molar-refractivity contribution in [1.29, 1.82) is 5.26 Å². The fourth-order valence-corrected chi connectivity index (χ4v) is 2.65. The number of hydrogen-bond donors (Lipinski definition) is 1. The minimum absolute atomic E-state index is 0.273. The van der Waals surface area contributed by atoms with Gasteiger partial charge in [0.2, 0.25) is 0 Å². The Bertz CT molecular complexity index is 705. The van der Waals surface area contributed by atoms with Gasteiger partial charge in [0, 0.05) is 24.7 Å². The number of anilines is 2. The summed E-state index contributed by atoms with van der Waals surface area (Å²) in [6.07, 6.45) is 0. The molecular weight excluding hydrogens is 265 g/mol. The van der Waals surface area contributed by atoms with Crippen molar-refractivity contribution in [3.63, 3.8) is 0 Å². The fourth-order valence-electron chi connectivity index (χ4n) is 2.65. The zero-order valence-corrected chi connectivity index (χ0v) is 11.8. The van der Waals surface area contributed by atoms with E-state index in [-0.39, 0.29) is 11.9 Å². The summed E-state index contributed by atoms with van der Waals surface area (Å²) in [6, 6.07) is 14.9. The summed E-state index contributed by atoms with van der Waals surface area (Å²) < 4.78 is 14.1. The van der Waals surface area contributed by atoms with Crippen molar-refractivity contribution in [3.8, 4) is 6.07 Å². The Kier molecular flexibility index (Phi) is 3.49. The van der Waals surface area contributed by atoms with Gasteiger partial charge in [-0.2, -0.15) is 5.26 Å². The lowest BCUT2D eigenvalue weighted by Crippen LogP contribution is -2.41. The van der Waals surface area contributed by atoms with Gasteiger partial charge in [-0.1, -0.05) is 18.2 Å². The first kappa shape index (κ1) is 13.4. The summed E-state index contributed by atoms with van der Waals surface area (Å²) in [5, 5.41) is 12.2. The third kappa shape index (κ3) is 2.55. The Morgan fingerprint density at radius 1 is 1.33 bits per heavy atom. The van der Waals surface area contributed by atoms with Crippen LogP contribution < -0.4 is 10.2 Å². The van der Waals surface area contributed by atoms with Crippen molar-refractivity contribution < 1.29 is 4.39 Å². The quantitative estimate of drug-likeness (QED) is 0.915. The smallest absolute Gasteiger partial charge is 0.129 e. The Morgan fingerprint density at radius 3 is 2.90 bits per heavy atom. The lowest BCUT2D eigenvalue weighted by molar-refractivity contribution is 0.584. The minimum Gasteiger partial charge on any atom is -0.381 e. The summed E-state index contributed by atoms with van der Waals surface area (Å²) in [7, 11) is 0. The van der Waals surface area contributed by atoms with Crippen LogP contribution in [0.3, 0.4) is 0 Å². The summed E-state index contributed by atoms with van der Waals surface area (Å²) >= 11 is 0. The first-order chi connectivity index (χ1) is 10.2. The van der Waals surface area contributed by atoms with Crippen molar-refractivity contribution >= 4 is 11.4 Å². The molecular formula is C17H16FN3. The molecule has 0 aliphatic carbocycles. The van der Waals surface area contributed by atoms with Gasteiger partial charge >= 0.3 is 0 Å². The molecule has 1 aliphatic heterocycles. The average molecular weight is 281 g/mol. The van der Waals surface area contributed by atoms with Gasteiger partial charge in [0.1, 0.15) is 5.82 Å². The third-order valence-corrected chi connectivity index (χ3v) is 3.86. The zero-order valence-electron chi connectivity index (χ0n) is 11.8. The van der Waals surface area contributed by atoms with Crippen molar-refractivity contribution in [2.45, 2.75) is 19.5 Å². The highest BCUT2D eigenvalue weighted by atomic mass is 19.1. The number of nitrogens with one attached hydrogen (secondary N) is 1. The molecule has 1 atom stereocenters. The van der Waals surface area contributed by atoms with E-state index < -0.39 is 0 Å². The second kappa shape index (κ2) is 5.45. The summed E-state index contributed by atoms with van der Waals surface area (Å²) in [5.74, 6) is -0.322. The maximum Gasteiger partial charge on any atom is 0.129 e. The number of halogens is 1. The van der Waals surface area contributed by atoms with E-state index in [2.05, 4.69) is 17.1 Å². The Balaban J connectivity index is 1.93. The van der Waals surface area contributed by atoms with Crippen LogP contribution in [0.4, 0.5) is 15.8 Å². The third-order valence-electron chi connectivity index (χ3n) is 3.86. The molecule has 3 nitrogen and oxygen atoms in total. The second-order valence-corrected chi connectivity index (χ2v) is 5.29. The lowest BCUT2D eigenvalue weighted by Gasteiger charge is -2.37. The first-order valence-electron chi connectivity index (χ1n) is 6.97. The minimum atomic E-state index is -0.322. The van der Waals surface area contributed by atoms with Crippen molar-refractivity contribution in [2.75, 3.05) is 16.8 Å². The van der Waals surface area contributed by atoms with E-state index in [0.29, 0.717) is 17.7 Å². The second-order valence-electron chi connectivity index (χ2n) is 5.29. The van der Waals surface area contributed by atoms with E-state index in [0.717, 1.165) is 17.9 Å². The van der Waals surface area contributed by atoms with Gasteiger partial charge < -0.3 is 10.2 Å². The normalized spacial score (nSPS) is 16.8. The molecule has 0 radical (unpaired) electrons. The number of nitrogens with zero attached hydrogens (tertiary/aromatic N) is 2. The SMILES string of the molecule is CC1CNc2ccccc2N1Cc1ccc(C#N)cc1F. The van der Waals surface area contributed by atoms with Crippen LogP contribution in [0.1, 0.15) is 18.1 Å². The van der Waals surface area contributed by atoms with Crippen LogP contribution in [0.5, 0.6) is 0 Å². The largest absolute Gasteiger partial charge is 0.381 e. The highest BCUT2D eigenvalue weighted by Crippen LogP contribution is 2.32. The Hall–Kier alpha value is -2.54. The standard InChI is InChI=1S/C17H16FN3/c1-12-10-20-16-4-2-3-5-17(16)21(12)11-14-7-6-13(9-19)8-15(14)18/h2-8,12,20H,10-11H2,1H3. The molecule has 1 heterocycles. The van der Waals surface area contributed by atoms with E-state index in [1.165, 1.54) is 6.07 Å². The average Bonchev–Trinajstić information content (AvgIpc) is 2.51. The van der Waals surface area contributed by atoms with Crippen molar-refractivity contribution in [2.24, 2.45) is 0 Å². The Morgan fingerprint density at radius 2 is 2.14 bits per heavy atom. The molecule has 106 valence electrons. The molecule has 0 fully saturated rings. The predicted octanol–water partition coefficient (Wildman–Crippen LogP) is 3.52. The molecule has 2 aromatic rings. The van der Waals surface area contributed by atoms with Crippen LogP contribution in [0.25, 0.3) is 0 Å². The highest BCUT2D eigenvalue weighted by molar-refractivity contribution is 5.72. The lowest BCUT2D eigenvalue weighted by atomic mass is 10.1. The number of nitriles is 1. The van der Waals surface area contributed by atoms with Crippen molar-refractivity contribution in [1.82, 2.24) is 0 Å². The first-order valence-corrected chi connectivity index (χ1v) is 6.97. The van der Waals surface area contributed by atoms with Crippen LogP contribution in [0.15, 0.2) is 42.5 Å². The van der Waals surface area contributed by atoms with E-state index in [4.69, 9.17) is 5.26 Å². The molecule has 2 aromatic carbocycles. The molecule has 0 amide bonds. The monoisotopic (exact) mass is 281 g/mol. The molecule has 1 N–H and O–H groups in total. The molecule has 0 saturated heterocycles. The van der Waals surface area contributed by atoms with Gasteiger partial charge in [0.25, 0.3) is 0 Å². The highest BCUT2D eigenvalue weighted by Gasteiger charge is 2.23. The molecule has 0 aromatic heterocycles. The van der Waals surface area contributed by atoms with E-state index >= 15 is 0 Å². The molecule has 4 heteroatoms. The molecule has 1 unspecified atom stereocenters. The molecule has 0 spiro atoms. The maximum absolute atomic E-state index is 14.1.